The Morgan fingerprint density at radius 1 is 1.62 bits per heavy atom. The average molecular weight is 327 g/mol. The van der Waals surface area contributed by atoms with Crippen LogP contribution in [-0.4, -0.2) is 33.3 Å². The molecule has 0 aliphatic carbocycles. The van der Waals surface area contributed by atoms with Crippen molar-refractivity contribution in [3.05, 3.63) is 0 Å². The molecule has 0 spiro atoms. The molecule has 4 nitrogen and oxygen atoms in total. The fraction of sp³-hybridized carbons (Fsp3) is 0. The molecule has 0 atom stereocenters. The second-order valence-electron chi connectivity index (χ2n) is 0.555. The van der Waals surface area contributed by atoms with Gasteiger partial charge in [0, 0.05) is 0 Å². The summed E-state index contributed by atoms with van der Waals surface area (Å²) in [7, 11) is 0. The summed E-state index contributed by atoms with van der Waals surface area (Å²) in [6.45, 7) is 0. The van der Waals surface area contributed by atoms with Crippen molar-refractivity contribution >= 4 is 45.9 Å². The van der Waals surface area contributed by atoms with Crippen molar-refractivity contribution in [2.45, 2.75) is 0 Å². The molecular weight excluding hydrogens is 319 g/mol. The molecule has 0 aromatic rings. The van der Waals surface area contributed by atoms with Crippen molar-refractivity contribution in [3.63, 3.8) is 0 Å². The maximum absolute atomic E-state index is 7.18. The van der Waals surface area contributed by atoms with Gasteiger partial charge in [-0.15, -0.1) is 0 Å². The minimum atomic E-state index is -0.333. The van der Waals surface area contributed by atoms with Crippen LogP contribution in [0.4, 0.5) is 0 Å². The van der Waals surface area contributed by atoms with Crippen molar-refractivity contribution in [3.8, 4) is 5.40 Å². The fourth-order valence-corrected chi connectivity index (χ4v) is 0. The number of nitriles is 1. The van der Waals surface area contributed by atoms with Crippen LogP contribution in [0.1, 0.15) is 0 Å². The molecule has 0 saturated carbocycles. The van der Waals surface area contributed by atoms with Crippen LogP contribution in [0.5, 0.6) is 0 Å². The van der Waals surface area contributed by atoms with E-state index in [1.807, 2.05) is 0 Å². The molecule has 8 heavy (non-hydrogen) atoms. The maximum atomic E-state index is 7.18. The molecule has 0 rings (SSSR count). The van der Waals surface area contributed by atoms with E-state index in [1.54, 1.807) is 0 Å². The Labute approximate surface area is 73.3 Å². The van der Waals surface area contributed by atoms with Gasteiger partial charge in [0.1, 0.15) is 5.40 Å². The summed E-state index contributed by atoms with van der Waals surface area (Å²) in [6.07, 6.45) is 0. The van der Waals surface area contributed by atoms with Crippen molar-refractivity contribution in [1.82, 2.24) is 0 Å². The number of nitrogens with two attached hydrogens (primary N) is 2. The third-order valence-electron chi connectivity index (χ3n) is 0. The molecule has 0 aromatic carbocycles. The summed E-state index contributed by atoms with van der Waals surface area (Å²) in [5.41, 5.74) is 8.94. The van der Waals surface area contributed by atoms with Crippen LogP contribution in [0.2, 0.25) is 0 Å². The molecule has 0 aromatic heterocycles. The monoisotopic (exact) mass is 328 g/mol. The topological polar surface area (TPSA) is 99.7 Å². The first-order valence-electron chi connectivity index (χ1n) is 1.27. The summed E-state index contributed by atoms with van der Waals surface area (Å²) in [5.74, 6) is -0.333. The molecule has 6 heteroatoms. The first kappa shape index (κ1) is 15.7. The van der Waals surface area contributed by atoms with Gasteiger partial charge in [-0.2, -0.15) is 5.26 Å². The van der Waals surface area contributed by atoms with E-state index in [-0.39, 0.29) is 33.3 Å². The van der Waals surface area contributed by atoms with Crippen LogP contribution in [-0.2, 0) is 0 Å². The Hall–Kier alpha value is 0.0321. The quantitative estimate of drug-likeness (QED) is 0.141. The van der Waals surface area contributed by atoms with E-state index >= 15 is 0 Å². The van der Waals surface area contributed by atoms with E-state index in [0.29, 0.717) is 0 Å². The van der Waals surface area contributed by atoms with Crippen molar-refractivity contribution in [2.75, 3.05) is 0 Å². The number of thiocyanates is 1. The third kappa shape index (κ3) is 148000. The van der Waals surface area contributed by atoms with E-state index < -0.39 is 0 Å². The van der Waals surface area contributed by atoms with E-state index in [0.717, 1.165) is 0 Å². The predicted octanol–water partition coefficient (Wildman–Crippen LogP) is -1.68. The molecule has 2 radical (unpaired) electrons. The first-order valence-corrected chi connectivity index (χ1v) is 1.72. The molecule has 0 bridgehead atoms. The average Bonchev–Trinajstić information content (AvgIpc) is 1.33. The third-order valence-corrected chi connectivity index (χ3v) is 0. The molecule has 0 heterocycles. The van der Waals surface area contributed by atoms with Gasteiger partial charge in [-0.25, -0.2) is 0 Å². The summed E-state index contributed by atoms with van der Waals surface area (Å²) in [5, 5.41) is 14.7. The van der Waals surface area contributed by atoms with Crippen molar-refractivity contribution in [2.24, 2.45) is 11.5 Å². The first-order chi connectivity index (χ1) is 3.15. The van der Waals surface area contributed by atoms with Gasteiger partial charge in [0.05, 0.1) is 0 Å². The molecular formula is C2H8N4PbS. The molecule has 0 unspecified atom stereocenters. The van der Waals surface area contributed by atoms with Gasteiger partial charge in [0.2, 0.25) is 0 Å². The number of hydrogen-bond acceptors (Lipinski definition) is 3. The SMILES string of the molecule is N#CS.N=C(N)N.[PbH2]. The van der Waals surface area contributed by atoms with Crippen LogP contribution in [0.15, 0.2) is 0 Å². The van der Waals surface area contributed by atoms with E-state index in [1.165, 1.54) is 5.40 Å². The molecule has 0 aliphatic rings. The Kier molecular flexibility index (Phi) is 30.9. The van der Waals surface area contributed by atoms with E-state index in [9.17, 15) is 0 Å². The molecule has 46 valence electrons. The van der Waals surface area contributed by atoms with E-state index in [4.69, 9.17) is 10.7 Å². The summed E-state index contributed by atoms with van der Waals surface area (Å²) >= 11 is 3.09. The van der Waals surface area contributed by atoms with Gasteiger partial charge in [0.25, 0.3) is 0 Å². The standard InChI is InChI=1S/CH5N3.CHNS.Pb.2H/c2-1(3)4;2-1-3;;;/h(H5,2,3,4);3H;;;. The van der Waals surface area contributed by atoms with Crippen LogP contribution in [0.25, 0.3) is 0 Å². The molecule has 0 amide bonds. The van der Waals surface area contributed by atoms with Gasteiger partial charge >= 0.3 is 27.3 Å². The Morgan fingerprint density at radius 3 is 1.62 bits per heavy atom. The van der Waals surface area contributed by atoms with Gasteiger partial charge in [0.15, 0.2) is 5.96 Å². The zero-order chi connectivity index (χ0) is 6.28. The molecule has 5 N–H and O–H groups in total. The number of rotatable bonds is 0. The summed E-state index contributed by atoms with van der Waals surface area (Å²) < 4.78 is 0. The number of nitrogens with zero attached hydrogens (tertiary/aromatic N) is 1. The van der Waals surface area contributed by atoms with Crippen LogP contribution >= 0.6 is 12.6 Å². The number of thiol groups is 1. The second-order valence-corrected chi connectivity index (χ2v) is 0.755. The van der Waals surface area contributed by atoms with Crippen LogP contribution < -0.4 is 11.5 Å². The zero-order valence-electron chi connectivity index (χ0n) is 4.26. The van der Waals surface area contributed by atoms with Gasteiger partial charge in [-0.05, 0) is 0 Å². The number of guanidine groups is 1. The van der Waals surface area contributed by atoms with Crippen molar-refractivity contribution in [1.29, 1.82) is 10.7 Å². The minimum absolute atomic E-state index is 0. The molecule has 0 saturated heterocycles. The predicted molar refractivity (Wildman–Crippen MR) is 39.2 cm³/mol. The normalized spacial score (nSPS) is 4.00. The number of nitrogens with one attached hydrogen (secondary N) is 1. The van der Waals surface area contributed by atoms with Gasteiger partial charge in [-0.3, -0.25) is 5.41 Å². The summed E-state index contributed by atoms with van der Waals surface area (Å²) in [6, 6.07) is 0. The molecule has 0 aliphatic heterocycles. The Balaban J connectivity index is -0.0000000575. The molecule has 0 fully saturated rings. The fourth-order valence-electron chi connectivity index (χ4n) is 0. The van der Waals surface area contributed by atoms with Crippen LogP contribution in [0.3, 0.4) is 0 Å². The van der Waals surface area contributed by atoms with Gasteiger partial charge < -0.3 is 11.5 Å². The Morgan fingerprint density at radius 2 is 1.62 bits per heavy atom. The van der Waals surface area contributed by atoms with Crippen LogP contribution in [0, 0.1) is 16.1 Å². The van der Waals surface area contributed by atoms with E-state index in [2.05, 4.69) is 24.1 Å². The Bertz CT molecular complexity index is 82.5. The number of hydrogen-bond donors (Lipinski definition) is 4. The van der Waals surface area contributed by atoms with Crippen molar-refractivity contribution < 1.29 is 0 Å². The summed E-state index contributed by atoms with van der Waals surface area (Å²) in [4.78, 5) is 0. The van der Waals surface area contributed by atoms with Gasteiger partial charge in [-0.1, -0.05) is 12.6 Å². The second kappa shape index (κ2) is 15.7. The zero-order valence-corrected chi connectivity index (χ0v) is 10.6.